The average Bonchev–Trinajstić information content (AvgIpc) is 3.62. The van der Waals surface area contributed by atoms with Crippen LogP contribution < -0.4 is 0 Å². The van der Waals surface area contributed by atoms with E-state index >= 15 is 0 Å². The third-order valence-corrected chi connectivity index (χ3v) is 7.40. The lowest BCUT2D eigenvalue weighted by Gasteiger charge is -2.04. The van der Waals surface area contributed by atoms with E-state index in [4.69, 9.17) is 9.47 Å². The van der Waals surface area contributed by atoms with E-state index < -0.39 is 0 Å². The van der Waals surface area contributed by atoms with Gasteiger partial charge in [0.15, 0.2) is 6.10 Å². The van der Waals surface area contributed by atoms with Crippen LogP contribution in [0.5, 0.6) is 0 Å². The SMILES string of the molecule is CCCCCCCCCCCCCCCC1OC1C(=O)OCCCCCCCCCCCCC. The molecule has 0 aliphatic carbocycles. The second-order valence-corrected chi connectivity index (χ2v) is 10.8. The van der Waals surface area contributed by atoms with E-state index in [-0.39, 0.29) is 18.2 Å². The Morgan fingerprint density at radius 3 is 1.29 bits per heavy atom. The largest absolute Gasteiger partial charge is 0.464 e. The number of epoxide rings is 1. The Kier molecular flexibility index (Phi) is 22.3. The van der Waals surface area contributed by atoms with E-state index in [1.807, 2.05) is 0 Å². The number of ether oxygens (including phenoxy) is 2. The Labute approximate surface area is 213 Å². The molecule has 1 saturated heterocycles. The number of carbonyl (C=O) groups is 1. The van der Waals surface area contributed by atoms with Crippen LogP contribution >= 0.6 is 0 Å². The summed E-state index contributed by atoms with van der Waals surface area (Å²) in [5.74, 6) is -0.119. The van der Waals surface area contributed by atoms with Crippen LogP contribution in [0.4, 0.5) is 0 Å². The van der Waals surface area contributed by atoms with Gasteiger partial charge in [0.2, 0.25) is 0 Å². The predicted molar refractivity (Wildman–Crippen MR) is 146 cm³/mol. The smallest absolute Gasteiger partial charge is 0.338 e. The van der Waals surface area contributed by atoms with Crippen LogP contribution in [0.1, 0.15) is 174 Å². The molecule has 0 aromatic rings. The molecular weight excluding hydrogens is 420 g/mol. The Hall–Kier alpha value is -0.570. The number of unbranched alkanes of at least 4 members (excludes halogenated alkanes) is 22. The van der Waals surface area contributed by atoms with Crippen LogP contribution in [0.25, 0.3) is 0 Å². The predicted octanol–water partition coefficient (Wildman–Crippen LogP) is 10.1. The average molecular weight is 481 g/mol. The molecule has 1 aliphatic rings. The minimum Gasteiger partial charge on any atom is -0.464 e. The van der Waals surface area contributed by atoms with Crippen molar-refractivity contribution in [1.82, 2.24) is 0 Å². The first-order valence-corrected chi connectivity index (χ1v) is 15.6. The van der Waals surface area contributed by atoms with Gasteiger partial charge >= 0.3 is 5.97 Å². The van der Waals surface area contributed by atoms with Crippen molar-refractivity contribution in [2.75, 3.05) is 6.61 Å². The van der Waals surface area contributed by atoms with Gasteiger partial charge < -0.3 is 9.47 Å². The zero-order chi connectivity index (χ0) is 24.5. The summed E-state index contributed by atoms with van der Waals surface area (Å²) in [5, 5.41) is 0. The lowest BCUT2D eigenvalue weighted by atomic mass is 10.0. The van der Waals surface area contributed by atoms with Crippen LogP contribution in [-0.4, -0.2) is 24.8 Å². The summed E-state index contributed by atoms with van der Waals surface area (Å²) < 4.78 is 11.0. The molecule has 202 valence electrons. The van der Waals surface area contributed by atoms with Crippen LogP contribution in [0.3, 0.4) is 0 Å². The highest BCUT2D eigenvalue weighted by atomic mass is 16.6. The summed E-state index contributed by atoms with van der Waals surface area (Å²) in [6.45, 7) is 5.13. The topological polar surface area (TPSA) is 38.8 Å². The van der Waals surface area contributed by atoms with Gasteiger partial charge in [-0.2, -0.15) is 0 Å². The van der Waals surface area contributed by atoms with Crippen LogP contribution in [0, 0.1) is 0 Å². The summed E-state index contributed by atoms with van der Waals surface area (Å²) >= 11 is 0. The molecule has 0 aromatic heterocycles. The van der Waals surface area contributed by atoms with Gasteiger partial charge in [-0.25, -0.2) is 4.79 Å². The maximum Gasteiger partial charge on any atom is 0.338 e. The Bertz CT molecular complexity index is 436. The molecule has 1 fully saturated rings. The van der Waals surface area contributed by atoms with Gasteiger partial charge in [0.25, 0.3) is 0 Å². The lowest BCUT2D eigenvalue weighted by Crippen LogP contribution is -2.14. The summed E-state index contributed by atoms with van der Waals surface area (Å²) in [7, 11) is 0. The molecule has 2 atom stereocenters. The van der Waals surface area contributed by atoms with Crippen molar-refractivity contribution < 1.29 is 14.3 Å². The maximum atomic E-state index is 12.1. The minimum absolute atomic E-state index is 0.119. The standard InChI is InChI=1S/C31H60O3/c1-3-5-7-9-11-13-15-16-17-19-21-23-25-27-29-30(34-29)31(32)33-28-26-24-22-20-18-14-12-10-8-6-4-2/h29-30H,3-28H2,1-2H3. The molecule has 3 nitrogen and oxygen atoms in total. The molecule has 3 heteroatoms. The third-order valence-electron chi connectivity index (χ3n) is 7.40. The minimum atomic E-state index is -0.259. The molecule has 0 amide bonds. The van der Waals surface area contributed by atoms with Gasteiger partial charge in [-0.3, -0.25) is 0 Å². The van der Waals surface area contributed by atoms with Crippen molar-refractivity contribution in [2.24, 2.45) is 0 Å². The summed E-state index contributed by atoms with van der Waals surface area (Å²) in [6.07, 6.45) is 33.2. The number of hydrogen-bond donors (Lipinski definition) is 0. The number of carbonyl (C=O) groups excluding carboxylic acids is 1. The van der Waals surface area contributed by atoms with E-state index in [9.17, 15) is 4.79 Å². The molecule has 0 aromatic carbocycles. The first kappa shape index (κ1) is 31.5. The molecule has 1 aliphatic heterocycles. The van der Waals surface area contributed by atoms with Crippen LogP contribution in [0.15, 0.2) is 0 Å². The fourth-order valence-corrected chi connectivity index (χ4v) is 4.95. The van der Waals surface area contributed by atoms with Crippen LogP contribution in [-0.2, 0) is 14.3 Å². The second-order valence-electron chi connectivity index (χ2n) is 10.8. The molecule has 0 N–H and O–H groups in total. The molecule has 1 heterocycles. The second kappa shape index (κ2) is 24.1. The summed E-state index contributed by atoms with van der Waals surface area (Å²) in [4.78, 5) is 12.1. The van der Waals surface area contributed by atoms with Crippen molar-refractivity contribution in [1.29, 1.82) is 0 Å². The monoisotopic (exact) mass is 480 g/mol. The Morgan fingerprint density at radius 1 is 0.529 bits per heavy atom. The van der Waals surface area contributed by atoms with Gasteiger partial charge in [-0.05, 0) is 12.8 Å². The van der Waals surface area contributed by atoms with Crippen molar-refractivity contribution in [2.45, 2.75) is 187 Å². The van der Waals surface area contributed by atoms with Crippen molar-refractivity contribution in [3.63, 3.8) is 0 Å². The highest BCUT2D eigenvalue weighted by molar-refractivity contribution is 5.77. The number of hydrogen-bond acceptors (Lipinski definition) is 3. The quantitative estimate of drug-likeness (QED) is 0.0666. The van der Waals surface area contributed by atoms with Crippen molar-refractivity contribution in [3.05, 3.63) is 0 Å². The molecule has 0 bridgehead atoms. The normalized spacial score (nSPS) is 17.2. The van der Waals surface area contributed by atoms with Gasteiger partial charge in [-0.15, -0.1) is 0 Å². The van der Waals surface area contributed by atoms with E-state index in [2.05, 4.69) is 13.8 Å². The van der Waals surface area contributed by atoms with Crippen LogP contribution in [0.2, 0.25) is 0 Å². The van der Waals surface area contributed by atoms with E-state index in [0.29, 0.717) is 6.61 Å². The maximum absolute atomic E-state index is 12.1. The Balaban J connectivity index is 1.76. The van der Waals surface area contributed by atoms with Gasteiger partial charge in [0.1, 0.15) is 0 Å². The van der Waals surface area contributed by atoms with Gasteiger partial charge in [0.05, 0.1) is 12.7 Å². The molecular formula is C31H60O3. The molecule has 0 spiro atoms. The summed E-state index contributed by atoms with van der Waals surface area (Å²) in [5.41, 5.74) is 0. The van der Waals surface area contributed by atoms with E-state index in [1.54, 1.807) is 0 Å². The fraction of sp³-hybridized carbons (Fsp3) is 0.968. The van der Waals surface area contributed by atoms with E-state index in [0.717, 1.165) is 12.8 Å². The lowest BCUT2D eigenvalue weighted by molar-refractivity contribution is -0.145. The van der Waals surface area contributed by atoms with Gasteiger partial charge in [-0.1, -0.05) is 162 Å². The zero-order valence-electron chi connectivity index (χ0n) is 23.3. The molecule has 1 rings (SSSR count). The molecule has 0 saturated carbocycles. The van der Waals surface area contributed by atoms with E-state index in [1.165, 1.54) is 148 Å². The fourth-order valence-electron chi connectivity index (χ4n) is 4.95. The zero-order valence-corrected chi connectivity index (χ0v) is 23.3. The highest BCUT2D eigenvalue weighted by Gasteiger charge is 2.45. The van der Waals surface area contributed by atoms with Crippen molar-refractivity contribution >= 4 is 5.97 Å². The Morgan fingerprint density at radius 2 is 0.882 bits per heavy atom. The van der Waals surface area contributed by atoms with Gasteiger partial charge in [0, 0.05) is 0 Å². The number of esters is 1. The third kappa shape index (κ3) is 19.7. The first-order valence-electron chi connectivity index (χ1n) is 15.6. The molecule has 0 radical (unpaired) electrons. The summed E-state index contributed by atoms with van der Waals surface area (Å²) in [6, 6.07) is 0. The molecule has 2 unspecified atom stereocenters. The molecule has 34 heavy (non-hydrogen) atoms. The number of rotatable bonds is 27. The van der Waals surface area contributed by atoms with Crippen molar-refractivity contribution in [3.8, 4) is 0 Å². The first-order chi connectivity index (χ1) is 16.8. The highest BCUT2D eigenvalue weighted by Crippen LogP contribution is 2.29.